The van der Waals surface area contributed by atoms with E-state index in [1.807, 2.05) is 6.92 Å². The molecule has 0 unspecified atom stereocenters. The molecule has 0 fully saturated rings. The lowest BCUT2D eigenvalue weighted by molar-refractivity contribution is 0.0494. The molecule has 2 heterocycles. The van der Waals surface area contributed by atoms with Crippen LogP contribution in [0.5, 0.6) is 0 Å². The number of pyridine rings is 1. The zero-order valence-electron chi connectivity index (χ0n) is 14.1. The lowest BCUT2D eigenvalue weighted by atomic mass is 10.1. The Bertz CT molecular complexity index is 984. The maximum Gasteiger partial charge on any atom is 0.359 e. The highest BCUT2D eigenvalue weighted by Crippen LogP contribution is 2.25. The molecule has 1 amide bonds. The molecular formula is C18H17FN4O3. The van der Waals surface area contributed by atoms with Gasteiger partial charge >= 0.3 is 12.0 Å². The number of hydrogen-bond acceptors (Lipinski definition) is 5. The number of carbonyl (C=O) groups is 2. The maximum atomic E-state index is 13.5. The number of carbonyl (C=O) groups excluding carboxylic acids is 2. The Labute approximate surface area is 148 Å². The lowest BCUT2D eigenvalue weighted by Crippen LogP contribution is -2.21. The third-order valence-electron chi connectivity index (χ3n) is 3.81. The highest BCUT2D eigenvalue weighted by Gasteiger charge is 2.22. The summed E-state index contributed by atoms with van der Waals surface area (Å²) in [6.45, 7) is 2.22. The van der Waals surface area contributed by atoms with E-state index in [1.165, 1.54) is 18.3 Å². The summed E-state index contributed by atoms with van der Waals surface area (Å²) < 4.78 is 19.5. The van der Waals surface area contributed by atoms with Gasteiger partial charge in [-0.3, -0.25) is 0 Å². The van der Waals surface area contributed by atoms with Gasteiger partial charge in [0.1, 0.15) is 5.82 Å². The predicted molar refractivity (Wildman–Crippen MR) is 93.1 cm³/mol. The van der Waals surface area contributed by atoms with Crippen molar-refractivity contribution in [2.75, 3.05) is 6.61 Å². The normalized spacial score (nSPS) is 10.8. The van der Waals surface area contributed by atoms with E-state index in [0.29, 0.717) is 22.9 Å². The number of aromatic nitrogens is 3. The molecule has 0 saturated heterocycles. The molecular weight excluding hydrogens is 339 g/mol. The highest BCUT2D eigenvalue weighted by molar-refractivity contribution is 6.04. The van der Waals surface area contributed by atoms with E-state index < -0.39 is 17.8 Å². The SMILES string of the molecule is CCCCOC(=O)c1nn(C(N)=O)c2ncc(-c3cccc(F)c3)cc12. The summed E-state index contributed by atoms with van der Waals surface area (Å²) in [5.41, 5.74) is 6.54. The van der Waals surface area contributed by atoms with Gasteiger partial charge in [-0.2, -0.15) is 9.78 Å². The molecule has 0 aliphatic heterocycles. The van der Waals surface area contributed by atoms with Gasteiger partial charge < -0.3 is 10.5 Å². The van der Waals surface area contributed by atoms with Gasteiger partial charge in [0.2, 0.25) is 0 Å². The van der Waals surface area contributed by atoms with E-state index in [9.17, 15) is 14.0 Å². The third-order valence-corrected chi connectivity index (χ3v) is 3.81. The Morgan fingerprint density at radius 2 is 2.08 bits per heavy atom. The molecule has 0 radical (unpaired) electrons. The number of primary amides is 1. The summed E-state index contributed by atoms with van der Waals surface area (Å²) in [4.78, 5) is 28.1. The quantitative estimate of drug-likeness (QED) is 0.559. The molecule has 0 bridgehead atoms. The highest BCUT2D eigenvalue weighted by atomic mass is 19.1. The first-order valence-electron chi connectivity index (χ1n) is 8.13. The Morgan fingerprint density at radius 1 is 1.27 bits per heavy atom. The standard InChI is InChI=1S/C18H17FN4O3/c1-2-3-7-26-17(24)15-14-9-12(11-5-4-6-13(19)8-11)10-21-16(14)23(22-15)18(20)25/h4-6,8-10H,2-3,7H2,1H3,(H2,20,25). The fourth-order valence-electron chi connectivity index (χ4n) is 2.51. The summed E-state index contributed by atoms with van der Waals surface area (Å²) in [5.74, 6) is -1.06. The number of unbranched alkanes of at least 4 members (excludes halogenated alkanes) is 1. The largest absolute Gasteiger partial charge is 0.461 e. The van der Waals surface area contributed by atoms with Crippen LogP contribution < -0.4 is 5.73 Å². The van der Waals surface area contributed by atoms with Gasteiger partial charge in [0, 0.05) is 11.8 Å². The van der Waals surface area contributed by atoms with Crippen molar-refractivity contribution in [2.45, 2.75) is 19.8 Å². The van der Waals surface area contributed by atoms with Crippen molar-refractivity contribution in [1.29, 1.82) is 0 Å². The Balaban J connectivity index is 2.09. The van der Waals surface area contributed by atoms with Crippen molar-refractivity contribution in [2.24, 2.45) is 5.73 Å². The van der Waals surface area contributed by atoms with Gasteiger partial charge in [0.15, 0.2) is 11.3 Å². The molecule has 0 spiro atoms. The van der Waals surface area contributed by atoms with E-state index in [2.05, 4.69) is 10.1 Å². The second kappa shape index (κ2) is 7.30. The minimum Gasteiger partial charge on any atom is -0.461 e. The van der Waals surface area contributed by atoms with Gasteiger partial charge in [0.25, 0.3) is 0 Å². The summed E-state index contributed by atoms with van der Waals surface area (Å²) in [6, 6.07) is 6.71. The van der Waals surface area contributed by atoms with Crippen molar-refractivity contribution >= 4 is 23.0 Å². The predicted octanol–water partition coefficient (Wildman–Crippen LogP) is 3.12. The molecule has 2 aromatic heterocycles. The maximum absolute atomic E-state index is 13.5. The first-order valence-corrected chi connectivity index (χ1v) is 8.13. The number of rotatable bonds is 5. The van der Waals surface area contributed by atoms with Crippen LogP contribution in [0.1, 0.15) is 30.3 Å². The van der Waals surface area contributed by atoms with Gasteiger partial charge in [-0.15, -0.1) is 0 Å². The fourth-order valence-corrected chi connectivity index (χ4v) is 2.51. The second-order valence-corrected chi connectivity index (χ2v) is 5.69. The second-order valence-electron chi connectivity index (χ2n) is 5.69. The molecule has 3 aromatic rings. The molecule has 26 heavy (non-hydrogen) atoms. The minimum atomic E-state index is -0.867. The van der Waals surface area contributed by atoms with Crippen molar-refractivity contribution < 1.29 is 18.7 Å². The molecule has 0 aliphatic rings. The molecule has 7 nitrogen and oxygen atoms in total. The monoisotopic (exact) mass is 356 g/mol. The number of esters is 1. The van der Waals surface area contributed by atoms with E-state index in [-0.39, 0.29) is 17.9 Å². The van der Waals surface area contributed by atoms with Crippen molar-refractivity contribution in [3.05, 3.63) is 48.0 Å². The van der Waals surface area contributed by atoms with Gasteiger partial charge in [0.05, 0.1) is 12.0 Å². The van der Waals surface area contributed by atoms with Crippen LogP contribution in [0.3, 0.4) is 0 Å². The first kappa shape index (κ1) is 17.5. The van der Waals surface area contributed by atoms with Gasteiger partial charge in [-0.05, 0) is 30.2 Å². The van der Waals surface area contributed by atoms with Crippen LogP contribution in [0.15, 0.2) is 36.5 Å². The van der Waals surface area contributed by atoms with Crippen LogP contribution in [0.4, 0.5) is 9.18 Å². The number of benzene rings is 1. The summed E-state index contributed by atoms with van der Waals surface area (Å²) in [7, 11) is 0. The molecule has 3 rings (SSSR count). The fraction of sp³-hybridized carbons (Fsp3) is 0.222. The summed E-state index contributed by atoms with van der Waals surface area (Å²) >= 11 is 0. The number of nitrogens with two attached hydrogens (primary N) is 1. The average Bonchev–Trinajstić information content (AvgIpc) is 3.01. The number of fused-ring (bicyclic) bond motifs is 1. The van der Waals surface area contributed by atoms with E-state index in [1.54, 1.807) is 18.2 Å². The van der Waals surface area contributed by atoms with Gasteiger partial charge in [-0.1, -0.05) is 25.5 Å². The van der Waals surface area contributed by atoms with Crippen LogP contribution in [-0.4, -0.2) is 33.4 Å². The average molecular weight is 356 g/mol. The van der Waals surface area contributed by atoms with Crippen molar-refractivity contribution in [3.8, 4) is 11.1 Å². The number of halogens is 1. The number of ether oxygens (including phenoxy) is 1. The topological polar surface area (TPSA) is 100 Å². The zero-order valence-corrected chi connectivity index (χ0v) is 14.1. The minimum absolute atomic E-state index is 0.0549. The smallest absolute Gasteiger partial charge is 0.359 e. The van der Waals surface area contributed by atoms with E-state index in [4.69, 9.17) is 10.5 Å². The molecule has 1 aromatic carbocycles. The van der Waals surface area contributed by atoms with Crippen LogP contribution in [0.25, 0.3) is 22.2 Å². The molecule has 0 atom stereocenters. The van der Waals surface area contributed by atoms with Crippen LogP contribution >= 0.6 is 0 Å². The van der Waals surface area contributed by atoms with E-state index >= 15 is 0 Å². The van der Waals surface area contributed by atoms with Crippen LogP contribution in [-0.2, 0) is 4.74 Å². The summed E-state index contributed by atoms with van der Waals surface area (Å²) in [5, 5.41) is 4.26. The Kier molecular flexibility index (Phi) is 4.92. The zero-order chi connectivity index (χ0) is 18.7. The van der Waals surface area contributed by atoms with E-state index in [0.717, 1.165) is 11.1 Å². The Hall–Kier alpha value is -3.29. The molecule has 2 N–H and O–H groups in total. The number of hydrogen-bond donors (Lipinski definition) is 1. The summed E-state index contributed by atoms with van der Waals surface area (Å²) in [6.07, 6.45) is 3.05. The molecule has 8 heteroatoms. The van der Waals surface area contributed by atoms with Gasteiger partial charge in [-0.25, -0.2) is 19.0 Å². The molecule has 0 aliphatic carbocycles. The van der Waals surface area contributed by atoms with Crippen molar-refractivity contribution in [1.82, 2.24) is 14.8 Å². The first-order chi connectivity index (χ1) is 12.5. The number of nitrogens with zero attached hydrogens (tertiary/aromatic N) is 3. The van der Waals surface area contributed by atoms with Crippen molar-refractivity contribution in [3.63, 3.8) is 0 Å². The molecule has 134 valence electrons. The number of amides is 1. The third kappa shape index (κ3) is 3.39. The van der Waals surface area contributed by atoms with Crippen LogP contribution in [0, 0.1) is 5.82 Å². The molecule has 0 saturated carbocycles. The Morgan fingerprint density at radius 3 is 2.77 bits per heavy atom. The lowest BCUT2D eigenvalue weighted by Gasteiger charge is -2.03. The van der Waals surface area contributed by atoms with Crippen LogP contribution in [0.2, 0.25) is 0 Å².